The molecule has 0 bridgehead atoms. The number of Topliss-reactive ketones (excluding diaryl/α,β-unsaturated/α-hetero) is 1. The van der Waals surface area contributed by atoms with Crippen LogP contribution in [0.2, 0.25) is 36.3 Å². The molecule has 0 saturated carbocycles. The number of nitrogen functional groups attached to an aromatic ring is 1. The first-order valence-electron chi connectivity index (χ1n) is 10.3. The van der Waals surface area contributed by atoms with E-state index in [-0.39, 0.29) is 28.2 Å². The predicted molar refractivity (Wildman–Crippen MR) is 127 cm³/mol. The van der Waals surface area contributed by atoms with E-state index in [0.717, 1.165) is 0 Å². The van der Waals surface area contributed by atoms with Gasteiger partial charge in [-0.05, 0) is 35.3 Å². The van der Waals surface area contributed by atoms with Gasteiger partial charge >= 0.3 is 5.97 Å². The predicted octanol–water partition coefficient (Wildman–Crippen LogP) is 5.35. The molecule has 0 saturated heterocycles. The van der Waals surface area contributed by atoms with Crippen molar-refractivity contribution >= 4 is 34.0 Å². The van der Waals surface area contributed by atoms with E-state index in [9.17, 15) is 9.59 Å². The van der Waals surface area contributed by atoms with Gasteiger partial charge in [0.15, 0.2) is 5.78 Å². The number of nitrogens with two attached hydrogens (primary N) is 1. The van der Waals surface area contributed by atoms with Crippen LogP contribution in [0.3, 0.4) is 0 Å². The van der Waals surface area contributed by atoms with E-state index < -0.39 is 22.6 Å². The van der Waals surface area contributed by atoms with E-state index in [1.165, 1.54) is 0 Å². The van der Waals surface area contributed by atoms with Gasteiger partial charge < -0.3 is 15.1 Å². The third kappa shape index (κ3) is 6.52. The van der Waals surface area contributed by atoms with Gasteiger partial charge in [0.25, 0.3) is 8.32 Å². The Bertz CT molecular complexity index is 747. The van der Waals surface area contributed by atoms with Crippen molar-refractivity contribution < 1.29 is 14.0 Å². The minimum absolute atomic E-state index is 0.0112. The van der Waals surface area contributed by atoms with Crippen molar-refractivity contribution in [1.82, 2.24) is 4.98 Å². The van der Waals surface area contributed by atoms with E-state index >= 15 is 0 Å². The molecule has 1 aromatic rings. The number of carbonyl (C=O) groups is 2. The molecule has 1 rings (SSSR count). The number of nitrogens with one attached hydrogen (secondary N) is 1. The van der Waals surface area contributed by atoms with Gasteiger partial charge in [0.2, 0.25) is 0 Å². The lowest BCUT2D eigenvalue weighted by atomic mass is 10.0. The van der Waals surface area contributed by atoms with Crippen LogP contribution in [0.5, 0.6) is 0 Å². The smallest absolute Gasteiger partial charge is 0.309 e. The van der Waals surface area contributed by atoms with Crippen molar-refractivity contribution in [2.45, 2.75) is 90.3 Å². The third-order valence-electron chi connectivity index (χ3n) is 6.51. The maximum absolute atomic E-state index is 13.3. The highest BCUT2D eigenvalue weighted by atomic mass is 28.4. The first-order valence-corrected chi connectivity index (χ1v) is 16.2. The summed E-state index contributed by atoms with van der Waals surface area (Å²) in [4.78, 5) is 29.8. The Hall–Kier alpha value is -1.45. The number of carbonyl (C=O) groups excluding carboxylic acids is 2. The summed E-state index contributed by atoms with van der Waals surface area (Å²) in [5.74, 6) is -0.476. The molecule has 1 unspecified atom stereocenters. The first-order chi connectivity index (χ1) is 12.9. The number of ketones is 1. The molecule has 0 heterocycles. The molecule has 1 atom stereocenters. The van der Waals surface area contributed by atoms with Crippen LogP contribution in [0.15, 0.2) is 24.3 Å². The quantitative estimate of drug-likeness (QED) is 0.342. The molecule has 7 heteroatoms. The minimum Gasteiger partial charge on any atom is -0.518 e. The lowest BCUT2D eigenvalue weighted by Crippen LogP contribution is -2.60. The van der Waals surface area contributed by atoms with Crippen LogP contribution in [0.4, 0.5) is 5.69 Å². The molecule has 0 aliphatic carbocycles. The van der Waals surface area contributed by atoms with Crippen LogP contribution in [-0.4, -0.2) is 34.3 Å². The number of hydrogen-bond donors (Lipinski definition) is 2. The van der Waals surface area contributed by atoms with Crippen LogP contribution in [0, 0.1) is 0 Å². The van der Waals surface area contributed by atoms with Crippen LogP contribution >= 0.6 is 0 Å². The fourth-order valence-electron chi connectivity index (χ4n) is 2.37. The summed E-state index contributed by atoms with van der Waals surface area (Å²) < 4.78 is 6.07. The zero-order valence-electron chi connectivity index (χ0n) is 19.9. The summed E-state index contributed by atoms with van der Waals surface area (Å²) in [5.41, 5.74) is 6.87. The van der Waals surface area contributed by atoms with Gasteiger partial charge in [-0.1, -0.05) is 66.8 Å². The molecule has 29 heavy (non-hydrogen) atoms. The largest absolute Gasteiger partial charge is 0.518 e. The van der Waals surface area contributed by atoms with Gasteiger partial charge in [0.1, 0.15) is 14.3 Å². The Morgan fingerprint density at radius 3 is 1.97 bits per heavy atom. The van der Waals surface area contributed by atoms with Gasteiger partial charge in [-0.25, -0.2) is 0 Å². The van der Waals surface area contributed by atoms with Gasteiger partial charge in [-0.3, -0.25) is 9.59 Å². The second kappa shape index (κ2) is 8.74. The van der Waals surface area contributed by atoms with Crippen LogP contribution in [0.25, 0.3) is 0 Å². The maximum Gasteiger partial charge on any atom is 0.309 e. The Morgan fingerprint density at radius 1 is 1.00 bits per heavy atom. The number of rotatable bonds is 7. The topological polar surface area (TPSA) is 81.4 Å². The summed E-state index contributed by atoms with van der Waals surface area (Å²) in [7, 11) is -4.36. The summed E-state index contributed by atoms with van der Waals surface area (Å²) in [6.07, 6.45) is 0.0359. The molecular formula is C22H40N2O3Si2. The molecule has 5 nitrogen and oxygen atoms in total. The van der Waals surface area contributed by atoms with Crippen LogP contribution < -0.4 is 10.7 Å². The van der Waals surface area contributed by atoms with Crippen molar-refractivity contribution in [2.75, 3.05) is 5.73 Å². The summed E-state index contributed by atoms with van der Waals surface area (Å²) in [6, 6.07) is 6.31. The number of hydrogen-bond acceptors (Lipinski definition) is 5. The minimum atomic E-state index is -2.30. The Balaban J connectivity index is 3.20. The average Bonchev–Trinajstić information content (AvgIpc) is 2.51. The van der Waals surface area contributed by atoms with Crippen molar-refractivity contribution in [3.8, 4) is 0 Å². The van der Waals surface area contributed by atoms with E-state index in [1.54, 1.807) is 24.3 Å². The van der Waals surface area contributed by atoms with Crippen LogP contribution in [-0.2, 0) is 9.22 Å². The monoisotopic (exact) mass is 436 g/mol. The SMILES string of the molecule is CC(C)(C)[Si](C)(C)NC(CC(=O)c1ccccc1N)C(=O)O[Si](C)(C)C(C)(C)C. The second-order valence-electron chi connectivity index (χ2n) is 11.0. The number of anilines is 1. The standard InChI is InChI=1S/C22H40N2O3Si2/c1-21(2,3)28(7,8)24-18(20(26)27-29(9,10)22(4,5)6)15-19(25)16-13-11-12-14-17(16)23/h11-14,18,24H,15,23H2,1-10H3. The maximum atomic E-state index is 13.3. The fraction of sp³-hybridized carbons (Fsp3) is 0.636. The first kappa shape index (κ1) is 25.6. The normalized spacial score (nSPS) is 14.4. The third-order valence-corrected chi connectivity index (χ3v) is 15.7. The lowest BCUT2D eigenvalue weighted by molar-refractivity contribution is -0.137. The highest BCUT2D eigenvalue weighted by molar-refractivity contribution is 6.78. The van der Waals surface area contributed by atoms with E-state index in [1.807, 2.05) is 13.1 Å². The Kier molecular flexibility index (Phi) is 7.71. The lowest BCUT2D eigenvalue weighted by Gasteiger charge is -2.41. The molecule has 0 fully saturated rings. The Morgan fingerprint density at radius 2 is 1.52 bits per heavy atom. The zero-order chi connectivity index (χ0) is 22.8. The highest BCUT2D eigenvalue weighted by Crippen LogP contribution is 2.38. The van der Waals surface area contributed by atoms with Crippen molar-refractivity contribution in [3.05, 3.63) is 29.8 Å². The number of benzene rings is 1. The molecule has 0 aromatic heterocycles. The van der Waals surface area contributed by atoms with Crippen molar-refractivity contribution in [3.63, 3.8) is 0 Å². The number of para-hydroxylation sites is 1. The average molecular weight is 437 g/mol. The molecule has 164 valence electrons. The summed E-state index contributed by atoms with van der Waals surface area (Å²) in [6.45, 7) is 21.2. The molecular weight excluding hydrogens is 396 g/mol. The summed E-state index contributed by atoms with van der Waals surface area (Å²) in [5, 5.41) is -0.0879. The van der Waals surface area contributed by atoms with E-state index in [0.29, 0.717) is 11.3 Å². The van der Waals surface area contributed by atoms with Gasteiger partial charge in [-0.2, -0.15) is 0 Å². The molecule has 0 radical (unpaired) electrons. The Labute approximate surface area is 179 Å². The van der Waals surface area contributed by atoms with Crippen LogP contribution in [0.1, 0.15) is 58.3 Å². The zero-order valence-corrected chi connectivity index (χ0v) is 21.9. The van der Waals surface area contributed by atoms with Gasteiger partial charge in [-0.15, -0.1) is 0 Å². The highest BCUT2D eigenvalue weighted by Gasteiger charge is 2.44. The molecule has 0 amide bonds. The molecule has 3 N–H and O–H groups in total. The van der Waals surface area contributed by atoms with Crippen molar-refractivity contribution in [1.29, 1.82) is 0 Å². The molecule has 0 spiro atoms. The molecule has 1 aromatic carbocycles. The fourth-order valence-corrected chi connectivity index (χ4v) is 4.84. The second-order valence-corrected chi connectivity index (χ2v) is 20.7. The molecule has 0 aliphatic heterocycles. The molecule has 0 aliphatic rings. The van der Waals surface area contributed by atoms with E-state index in [4.69, 9.17) is 10.2 Å². The van der Waals surface area contributed by atoms with Crippen molar-refractivity contribution in [2.24, 2.45) is 0 Å². The van der Waals surface area contributed by atoms with Gasteiger partial charge in [0.05, 0.1) is 0 Å². The van der Waals surface area contributed by atoms with E-state index in [2.05, 4.69) is 59.6 Å². The van der Waals surface area contributed by atoms with Gasteiger partial charge in [0, 0.05) is 17.7 Å². The summed E-state index contributed by atoms with van der Waals surface area (Å²) >= 11 is 0.